The Morgan fingerprint density at radius 3 is 2.81 bits per heavy atom. The summed E-state index contributed by atoms with van der Waals surface area (Å²) in [5, 5.41) is 2.89. The lowest BCUT2D eigenvalue weighted by Gasteiger charge is -2.14. The molecule has 21 heavy (non-hydrogen) atoms. The van der Waals surface area contributed by atoms with Crippen molar-refractivity contribution in [2.45, 2.75) is 13.5 Å². The number of hydrogen-bond donors (Lipinski definition) is 2. The zero-order valence-electron chi connectivity index (χ0n) is 12.4. The molecule has 2 rings (SSSR count). The summed E-state index contributed by atoms with van der Waals surface area (Å²) in [6.07, 6.45) is 1.64. The number of nitrogens with one attached hydrogen (secondary N) is 2. The summed E-state index contributed by atoms with van der Waals surface area (Å²) < 4.78 is 10.8. The largest absolute Gasteiger partial charge is 0.492 e. The average Bonchev–Trinajstić information content (AvgIpc) is 2.93. The van der Waals surface area contributed by atoms with Crippen LogP contribution in [0.5, 0.6) is 5.75 Å². The van der Waals surface area contributed by atoms with Gasteiger partial charge in [-0.05, 0) is 31.2 Å². The molecule has 5 heteroatoms. The van der Waals surface area contributed by atoms with Gasteiger partial charge in [0.2, 0.25) is 0 Å². The Hall–Kier alpha value is -2.27. The SMILES string of the molecule is CCOc1ccccc1NC(=O)C[NH+](C)Cc1ccco1. The highest BCUT2D eigenvalue weighted by Crippen LogP contribution is 2.23. The third-order valence-electron chi connectivity index (χ3n) is 2.98. The first-order chi connectivity index (χ1) is 10.2. The van der Waals surface area contributed by atoms with E-state index in [-0.39, 0.29) is 5.91 Å². The molecule has 1 heterocycles. The second-order valence-corrected chi connectivity index (χ2v) is 4.87. The number of quaternary nitrogens is 1. The Labute approximate surface area is 124 Å². The minimum Gasteiger partial charge on any atom is -0.492 e. The lowest BCUT2D eigenvalue weighted by atomic mass is 10.3. The molecule has 0 aliphatic rings. The van der Waals surface area contributed by atoms with Crippen LogP contribution in [0, 0.1) is 0 Å². The van der Waals surface area contributed by atoms with Crippen LogP contribution in [0.3, 0.4) is 0 Å². The van der Waals surface area contributed by atoms with Crippen LogP contribution >= 0.6 is 0 Å². The molecule has 0 bridgehead atoms. The van der Waals surface area contributed by atoms with Crippen molar-refractivity contribution >= 4 is 11.6 Å². The molecule has 0 saturated heterocycles. The van der Waals surface area contributed by atoms with Gasteiger partial charge in [-0.25, -0.2) is 0 Å². The van der Waals surface area contributed by atoms with Gasteiger partial charge in [-0.2, -0.15) is 0 Å². The zero-order valence-corrected chi connectivity index (χ0v) is 12.4. The van der Waals surface area contributed by atoms with Crippen LogP contribution in [0.4, 0.5) is 5.69 Å². The number of rotatable bonds is 7. The van der Waals surface area contributed by atoms with Crippen molar-refractivity contribution in [2.24, 2.45) is 0 Å². The number of para-hydroxylation sites is 2. The first-order valence-electron chi connectivity index (χ1n) is 7.04. The molecule has 1 aromatic heterocycles. The maximum absolute atomic E-state index is 12.1. The molecule has 0 saturated carbocycles. The number of likely N-dealkylation sites (N-methyl/N-ethyl adjacent to an activating group) is 1. The Balaban J connectivity index is 1.89. The third-order valence-corrected chi connectivity index (χ3v) is 2.98. The van der Waals surface area contributed by atoms with Gasteiger partial charge in [0.05, 0.1) is 25.6 Å². The Bertz CT molecular complexity index is 567. The number of amides is 1. The molecule has 0 spiro atoms. The molecule has 0 aliphatic heterocycles. The van der Waals surface area contributed by atoms with Crippen LogP contribution in [-0.4, -0.2) is 26.1 Å². The van der Waals surface area contributed by atoms with Crippen LogP contribution < -0.4 is 15.0 Å². The Kier molecular flexibility index (Phi) is 5.40. The highest BCUT2D eigenvalue weighted by molar-refractivity contribution is 5.92. The number of furan rings is 1. The smallest absolute Gasteiger partial charge is 0.279 e. The minimum atomic E-state index is -0.0498. The number of benzene rings is 1. The number of ether oxygens (including phenoxy) is 1. The van der Waals surface area contributed by atoms with Crippen molar-refractivity contribution in [2.75, 3.05) is 25.5 Å². The minimum absolute atomic E-state index is 0.0498. The van der Waals surface area contributed by atoms with Crippen LogP contribution in [-0.2, 0) is 11.3 Å². The normalized spacial score (nSPS) is 11.9. The van der Waals surface area contributed by atoms with E-state index in [4.69, 9.17) is 9.15 Å². The maximum atomic E-state index is 12.1. The molecule has 112 valence electrons. The molecule has 0 aliphatic carbocycles. The molecule has 5 nitrogen and oxygen atoms in total. The second kappa shape index (κ2) is 7.50. The molecule has 1 amide bonds. The molecular weight excluding hydrogens is 268 g/mol. The predicted octanol–water partition coefficient (Wildman–Crippen LogP) is 1.33. The first kappa shape index (κ1) is 15.1. The summed E-state index contributed by atoms with van der Waals surface area (Å²) in [5.74, 6) is 1.51. The summed E-state index contributed by atoms with van der Waals surface area (Å²) in [7, 11) is 1.95. The van der Waals surface area contributed by atoms with Crippen molar-refractivity contribution in [3.05, 3.63) is 48.4 Å². The van der Waals surface area contributed by atoms with E-state index in [2.05, 4.69) is 5.32 Å². The first-order valence-corrected chi connectivity index (χ1v) is 7.04. The van der Waals surface area contributed by atoms with Crippen molar-refractivity contribution < 1.29 is 18.8 Å². The fourth-order valence-electron chi connectivity index (χ4n) is 2.09. The quantitative estimate of drug-likeness (QED) is 0.808. The summed E-state index contributed by atoms with van der Waals surface area (Å²) in [4.78, 5) is 13.1. The number of carbonyl (C=O) groups excluding carboxylic acids is 1. The summed E-state index contributed by atoms with van der Waals surface area (Å²) in [6.45, 7) is 3.52. The van der Waals surface area contributed by atoms with E-state index in [1.165, 1.54) is 0 Å². The van der Waals surface area contributed by atoms with Gasteiger partial charge in [0.25, 0.3) is 5.91 Å². The van der Waals surface area contributed by atoms with Crippen LogP contribution in [0.2, 0.25) is 0 Å². The van der Waals surface area contributed by atoms with Crippen molar-refractivity contribution in [3.8, 4) is 5.75 Å². The molecule has 1 aromatic carbocycles. The number of anilines is 1. The molecule has 0 fully saturated rings. The van der Waals surface area contributed by atoms with Crippen LogP contribution in [0.1, 0.15) is 12.7 Å². The highest BCUT2D eigenvalue weighted by Gasteiger charge is 2.13. The van der Waals surface area contributed by atoms with E-state index in [1.807, 2.05) is 50.4 Å². The Morgan fingerprint density at radius 1 is 1.29 bits per heavy atom. The Morgan fingerprint density at radius 2 is 2.10 bits per heavy atom. The molecule has 0 radical (unpaired) electrons. The van der Waals surface area contributed by atoms with Gasteiger partial charge in [-0.3, -0.25) is 4.79 Å². The van der Waals surface area contributed by atoms with Gasteiger partial charge in [0, 0.05) is 0 Å². The summed E-state index contributed by atoms with van der Waals surface area (Å²) in [6, 6.07) is 11.2. The maximum Gasteiger partial charge on any atom is 0.279 e. The summed E-state index contributed by atoms with van der Waals surface area (Å²) in [5.41, 5.74) is 0.704. The fourth-order valence-corrected chi connectivity index (χ4v) is 2.09. The lowest BCUT2D eigenvalue weighted by molar-refractivity contribution is -0.886. The van der Waals surface area contributed by atoms with Gasteiger partial charge in [-0.15, -0.1) is 0 Å². The van der Waals surface area contributed by atoms with E-state index >= 15 is 0 Å². The van der Waals surface area contributed by atoms with E-state index in [0.29, 0.717) is 31.1 Å². The van der Waals surface area contributed by atoms with Gasteiger partial charge >= 0.3 is 0 Å². The van der Waals surface area contributed by atoms with Gasteiger partial charge in [-0.1, -0.05) is 12.1 Å². The molecule has 2 aromatic rings. The summed E-state index contributed by atoms with van der Waals surface area (Å²) >= 11 is 0. The van der Waals surface area contributed by atoms with Gasteiger partial charge in [0.1, 0.15) is 12.3 Å². The number of carbonyl (C=O) groups is 1. The average molecular weight is 289 g/mol. The highest BCUT2D eigenvalue weighted by atomic mass is 16.5. The van der Waals surface area contributed by atoms with E-state index in [9.17, 15) is 4.79 Å². The van der Waals surface area contributed by atoms with Crippen molar-refractivity contribution in [1.29, 1.82) is 0 Å². The van der Waals surface area contributed by atoms with Crippen molar-refractivity contribution in [1.82, 2.24) is 0 Å². The van der Waals surface area contributed by atoms with E-state index in [0.717, 1.165) is 10.7 Å². The van der Waals surface area contributed by atoms with Crippen LogP contribution in [0.15, 0.2) is 47.1 Å². The van der Waals surface area contributed by atoms with E-state index < -0.39 is 0 Å². The third kappa shape index (κ3) is 4.65. The topological polar surface area (TPSA) is 55.9 Å². The molecular formula is C16H21N2O3+. The van der Waals surface area contributed by atoms with Crippen molar-refractivity contribution in [3.63, 3.8) is 0 Å². The molecule has 2 N–H and O–H groups in total. The molecule has 1 atom stereocenters. The fraction of sp³-hybridized carbons (Fsp3) is 0.312. The predicted molar refractivity (Wildman–Crippen MR) is 80.4 cm³/mol. The standard InChI is InChI=1S/C16H20N2O3/c1-3-20-15-9-5-4-8-14(15)17-16(19)12-18(2)11-13-7-6-10-21-13/h4-10H,3,11-12H2,1-2H3,(H,17,19)/p+1. The van der Waals surface area contributed by atoms with Gasteiger partial charge in [0.15, 0.2) is 12.3 Å². The van der Waals surface area contributed by atoms with Crippen LogP contribution in [0.25, 0.3) is 0 Å². The second-order valence-electron chi connectivity index (χ2n) is 4.87. The molecule has 1 unspecified atom stereocenters. The van der Waals surface area contributed by atoms with E-state index in [1.54, 1.807) is 6.26 Å². The van der Waals surface area contributed by atoms with Gasteiger partial charge < -0.3 is 19.4 Å². The lowest BCUT2D eigenvalue weighted by Crippen LogP contribution is -3.08. The number of hydrogen-bond acceptors (Lipinski definition) is 3. The zero-order chi connectivity index (χ0) is 15.1. The monoisotopic (exact) mass is 289 g/mol.